The largest absolute Gasteiger partial charge is 0.356 e. The molecule has 0 bridgehead atoms. The minimum Gasteiger partial charge on any atom is -0.356 e. The van der Waals surface area contributed by atoms with E-state index in [0.717, 1.165) is 43.2 Å². The third kappa shape index (κ3) is 3.52. The van der Waals surface area contributed by atoms with Crippen LogP contribution in [0.5, 0.6) is 0 Å². The molecule has 1 aromatic carbocycles. The lowest BCUT2D eigenvalue weighted by Crippen LogP contribution is -2.45. The van der Waals surface area contributed by atoms with E-state index in [1.807, 2.05) is 30.3 Å². The number of rotatable bonds is 5. The maximum absolute atomic E-state index is 5.49. The molecule has 4 heteroatoms. The standard InChI is InChI=1S/C17H23N3O/c1-2-20(16-9-6-10-18-12-16)13-15-11-17(21-19-15)14-7-4-3-5-8-14/h3-5,7-8,11,16,18H,2,6,9-10,12-13H2,1H3. The number of hydrogen-bond acceptors (Lipinski definition) is 4. The maximum Gasteiger partial charge on any atom is 0.167 e. The highest BCUT2D eigenvalue weighted by Crippen LogP contribution is 2.21. The van der Waals surface area contributed by atoms with Gasteiger partial charge in [0, 0.05) is 30.8 Å². The van der Waals surface area contributed by atoms with Gasteiger partial charge in [-0.25, -0.2) is 0 Å². The van der Waals surface area contributed by atoms with Crippen molar-refractivity contribution in [3.63, 3.8) is 0 Å². The van der Waals surface area contributed by atoms with Crippen LogP contribution >= 0.6 is 0 Å². The summed E-state index contributed by atoms with van der Waals surface area (Å²) in [6, 6.07) is 12.8. The van der Waals surface area contributed by atoms with E-state index in [2.05, 4.69) is 28.4 Å². The normalized spacial score (nSPS) is 19.0. The zero-order chi connectivity index (χ0) is 14.5. The van der Waals surface area contributed by atoms with E-state index >= 15 is 0 Å². The third-order valence-electron chi connectivity index (χ3n) is 4.18. The second-order valence-electron chi connectivity index (χ2n) is 5.61. The Morgan fingerprint density at radius 2 is 2.19 bits per heavy atom. The Morgan fingerprint density at radius 3 is 2.90 bits per heavy atom. The second-order valence-corrected chi connectivity index (χ2v) is 5.61. The molecule has 1 N–H and O–H groups in total. The first-order chi connectivity index (χ1) is 10.4. The molecule has 1 aliphatic heterocycles. The van der Waals surface area contributed by atoms with Gasteiger partial charge in [0.25, 0.3) is 0 Å². The van der Waals surface area contributed by atoms with E-state index in [-0.39, 0.29) is 0 Å². The smallest absolute Gasteiger partial charge is 0.167 e. The van der Waals surface area contributed by atoms with Crippen LogP contribution in [0.15, 0.2) is 40.9 Å². The average Bonchev–Trinajstić information content (AvgIpc) is 3.03. The van der Waals surface area contributed by atoms with Crippen molar-refractivity contribution in [2.45, 2.75) is 32.4 Å². The number of likely N-dealkylation sites (N-methyl/N-ethyl adjacent to an activating group) is 1. The van der Waals surface area contributed by atoms with E-state index in [4.69, 9.17) is 4.52 Å². The molecule has 0 saturated carbocycles. The first kappa shape index (κ1) is 14.3. The second kappa shape index (κ2) is 6.87. The Kier molecular flexibility index (Phi) is 4.68. The number of hydrogen-bond donors (Lipinski definition) is 1. The van der Waals surface area contributed by atoms with Crippen LogP contribution < -0.4 is 5.32 Å². The van der Waals surface area contributed by atoms with E-state index in [1.165, 1.54) is 12.8 Å². The molecular formula is C17H23N3O. The SMILES string of the molecule is CCN(Cc1cc(-c2ccccc2)on1)C1CCCNC1. The van der Waals surface area contributed by atoms with Crippen molar-refractivity contribution < 1.29 is 4.52 Å². The fourth-order valence-corrected chi connectivity index (χ4v) is 2.98. The molecule has 4 nitrogen and oxygen atoms in total. The van der Waals surface area contributed by atoms with Crippen LogP contribution in [0.25, 0.3) is 11.3 Å². The Labute approximate surface area is 126 Å². The molecule has 112 valence electrons. The molecule has 21 heavy (non-hydrogen) atoms. The van der Waals surface area contributed by atoms with Gasteiger partial charge >= 0.3 is 0 Å². The molecule has 0 amide bonds. The molecule has 2 aromatic rings. The van der Waals surface area contributed by atoms with E-state index in [9.17, 15) is 0 Å². The van der Waals surface area contributed by atoms with Crippen LogP contribution in [0.3, 0.4) is 0 Å². The molecule has 1 fully saturated rings. The third-order valence-corrected chi connectivity index (χ3v) is 4.18. The fraction of sp³-hybridized carbons (Fsp3) is 0.471. The molecule has 1 unspecified atom stereocenters. The predicted octanol–water partition coefficient (Wildman–Crippen LogP) is 2.92. The highest BCUT2D eigenvalue weighted by molar-refractivity contribution is 5.56. The lowest BCUT2D eigenvalue weighted by Gasteiger charge is -2.33. The van der Waals surface area contributed by atoms with E-state index in [0.29, 0.717) is 6.04 Å². The Morgan fingerprint density at radius 1 is 1.33 bits per heavy atom. The number of piperidine rings is 1. The van der Waals surface area contributed by atoms with Crippen LogP contribution in [0.4, 0.5) is 0 Å². The molecular weight excluding hydrogens is 262 g/mol. The fourth-order valence-electron chi connectivity index (χ4n) is 2.98. The van der Waals surface area contributed by atoms with Crippen molar-refractivity contribution in [1.29, 1.82) is 0 Å². The molecule has 2 heterocycles. The number of benzene rings is 1. The molecule has 1 atom stereocenters. The van der Waals surface area contributed by atoms with Crippen LogP contribution in [0.1, 0.15) is 25.5 Å². The lowest BCUT2D eigenvalue weighted by molar-refractivity contribution is 0.162. The topological polar surface area (TPSA) is 41.3 Å². The molecule has 1 saturated heterocycles. The molecule has 0 aliphatic carbocycles. The number of nitrogens with zero attached hydrogens (tertiary/aromatic N) is 2. The van der Waals surface area contributed by atoms with Gasteiger partial charge in [-0.15, -0.1) is 0 Å². The summed E-state index contributed by atoms with van der Waals surface area (Å²) in [6.07, 6.45) is 2.53. The van der Waals surface area contributed by atoms with Gasteiger partial charge in [0.05, 0.1) is 5.69 Å². The van der Waals surface area contributed by atoms with Crippen molar-refractivity contribution in [3.05, 3.63) is 42.1 Å². The minimum absolute atomic E-state index is 0.612. The van der Waals surface area contributed by atoms with Crippen LogP contribution in [0, 0.1) is 0 Å². The van der Waals surface area contributed by atoms with Crippen molar-refractivity contribution in [1.82, 2.24) is 15.4 Å². The van der Waals surface area contributed by atoms with Gasteiger partial charge in [-0.3, -0.25) is 4.90 Å². The summed E-state index contributed by atoms with van der Waals surface area (Å²) in [6.45, 7) is 6.35. The molecule has 0 radical (unpaired) electrons. The highest BCUT2D eigenvalue weighted by atomic mass is 16.5. The van der Waals surface area contributed by atoms with Crippen LogP contribution in [-0.2, 0) is 6.54 Å². The summed E-state index contributed by atoms with van der Waals surface area (Å²) >= 11 is 0. The number of aromatic nitrogens is 1. The first-order valence-electron chi connectivity index (χ1n) is 7.82. The molecule has 1 aromatic heterocycles. The Bertz CT molecular complexity index is 546. The van der Waals surface area contributed by atoms with Gasteiger partial charge in [-0.1, -0.05) is 42.4 Å². The Hall–Kier alpha value is -1.65. The molecule has 1 aliphatic rings. The van der Waals surface area contributed by atoms with Gasteiger partial charge < -0.3 is 9.84 Å². The van der Waals surface area contributed by atoms with Gasteiger partial charge in [-0.2, -0.15) is 0 Å². The average molecular weight is 285 g/mol. The van der Waals surface area contributed by atoms with Crippen molar-refractivity contribution in [3.8, 4) is 11.3 Å². The summed E-state index contributed by atoms with van der Waals surface area (Å²) in [4.78, 5) is 2.48. The van der Waals surface area contributed by atoms with E-state index in [1.54, 1.807) is 0 Å². The summed E-state index contributed by atoms with van der Waals surface area (Å²) in [5.74, 6) is 0.850. The van der Waals surface area contributed by atoms with Gasteiger partial charge in [0.2, 0.25) is 0 Å². The predicted molar refractivity (Wildman–Crippen MR) is 83.9 cm³/mol. The van der Waals surface area contributed by atoms with Crippen molar-refractivity contribution in [2.24, 2.45) is 0 Å². The minimum atomic E-state index is 0.612. The summed E-state index contributed by atoms with van der Waals surface area (Å²) in [7, 11) is 0. The van der Waals surface area contributed by atoms with Crippen LogP contribution in [-0.4, -0.2) is 35.7 Å². The summed E-state index contributed by atoms with van der Waals surface area (Å²) in [5, 5.41) is 7.72. The summed E-state index contributed by atoms with van der Waals surface area (Å²) < 4.78 is 5.49. The van der Waals surface area contributed by atoms with Gasteiger partial charge in [-0.05, 0) is 25.9 Å². The zero-order valence-electron chi connectivity index (χ0n) is 12.6. The monoisotopic (exact) mass is 285 g/mol. The van der Waals surface area contributed by atoms with Gasteiger partial charge in [0.1, 0.15) is 0 Å². The molecule has 3 rings (SSSR count). The van der Waals surface area contributed by atoms with Crippen molar-refractivity contribution in [2.75, 3.05) is 19.6 Å². The lowest BCUT2D eigenvalue weighted by atomic mass is 10.1. The Balaban J connectivity index is 1.68. The van der Waals surface area contributed by atoms with Crippen LogP contribution in [0.2, 0.25) is 0 Å². The van der Waals surface area contributed by atoms with Gasteiger partial charge in [0.15, 0.2) is 5.76 Å². The number of nitrogens with one attached hydrogen (secondary N) is 1. The highest BCUT2D eigenvalue weighted by Gasteiger charge is 2.21. The first-order valence-corrected chi connectivity index (χ1v) is 7.82. The summed E-state index contributed by atoms with van der Waals surface area (Å²) in [5.41, 5.74) is 2.10. The zero-order valence-corrected chi connectivity index (χ0v) is 12.6. The van der Waals surface area contributed by atoms with Crippen molar-refractivity contribution >= 4 is 0 Å². The van der Waals surface area contributed by atoms with E-state index < -0.39 is 0 Å². The maximum atomic E-state index is 5.49. The quantitative estimate of drug-likeness (QED) is 0.917. The molecule has 0 spiro atoms.